The molecule has 0 saturated heterocycles. The molecule has 0 spiro atoms. The number of nitrogens with zero attached hydrogens (tertiary/aromatic N) is 1. The van der Waals surface area contributed by atoms with Crippen molar-refractivity contribution in [2.45, 2.75) is 33.3 Å². The number of aromatic nitrogens is 1. The first-order chi connectivity index (χ1) is 7.50. The van der Waals surface area contributed by atoms with Gasteiger partial charge in [0.05, 0.1) is 12.3 Å². The molecule has 0 radical (unpaired) electrons. The summed E-state index contributed by atoms with van der Waals surface area (Å²) in [5.41, 5.74) is 0.158. The van der Waals surface area contributed by atoms with Crippen molar-refractivity contribution in [2.24, 2.45) is 5.92 Å². The molecule has 1 N–H and O–H groups in total. The molecule has 4 heteroatoms. The smallest absolute Gasteiger partial charge is 0.339 e. The van der Waals surface area contributed by atoms with Crippen LogP contribution in [0.5, 0.6) is 5.75 Å². The van der Waals surface area contributed by atoms with Gasteiger partial charge < -0.3 is 9.84 Å². The van der Waals surface area contributed by atoms with Crippen LogP contribution in [0.2, 0.25) is 0 Å². The monoisotopic (exact) mass is 223 g/mol. The Balaban J connectivity index is 2.76. The van der Waals surface area contributed by atoms with Crippen molar-refractivity contribution >= 4 is 5.97 Å². The van der Waals surface area contributed by atoms with Crippen LogP contribution >= 0.6 is 0 Å². The molecule has 0 aliphatic carbocycles. The van der Waals surface area contributed by atoms with E-state index in [4.69, 9.17) is 9.84 Å². The molecule has 1 atom stereocenters. The second-order valence-corrected chi connectivity index (χ2v) is 4.24. The molecule has 1 aromatic rings. The van der Waals surface area contributed by atoms with E-state index in [0.29, 0.717) is 11.7 Å². The van der Waals surface area contributed by atoms with Gasteiger partial charge in [-0.3, -0.25) is 4.98 Å². The van der Waals surface area contributed by atoms with Crippen molar-refractivity contribution in [3.8, 4) is 5.75 Å². The molecule has 0 aliphatic heterocycles. The van der Waals surface area contributed by atoms with E-state index in [1.54, 1.807) is 0 Å². The van der Waals surface area contributed by atoms with E-state index < -0.39 is 5.97 Å². The van der Waals surface area contributed by atoms with E-state index in [1.165, 1.54) is 18.5 Å². The topological polar surface area (TPSA) is 59.4 Å². The third-order valence-corrected chi connectivity index (χ3v) is 2.15. The summed E-state index contributed by atoms with van der Waals surface area (Å²) in [5.74, 6) is -0.141. The summed E-state index contributed by atoms with van der Waals surface area (Å²) in [6.45, 7) is 6.13. The molecule has 16 heavy (non-hydrogen) atoms. The Morgan fingerprint density at radius 1 is 1.50 bits per heavy atom. The van der Waals surface area contributed by atoms with Crippen LogP contribution in [-0.4, -0.2) is 22.2 Å². The zero-order valence-corrected chi connectivity index (χ0v) is 9.80. The van der Waals surface area contributed by atoms with Gasteiger partial charge in [-0.15, -0.1) is 0 Å². The highest BCUT2D eigenvalue weighted by Gasteiger charge is 2.14. The molecule has 1 aromatic heterocycles. The van der Waals surface area contributed by atoms with Gasteiger partial charge in [-0.1, -0.05) is 13.8 Å². The maximum atomic E-state index is 10.9. The molecule has 0 aliphatic rings. The lowest BCUT2D eigenvalue weighted by molar-refractivity contribution is 0.0688. The number of carboxylic acid groups (broad SMARTS) is 1. The summed E-state index contributed by atoms with van der Waals surface area (Å²) in [7, 11) is 0. The molecular formula is C12H17NO3. The Labute approximate surface area is 95.3 Å². The fourth-order valence-corrected chi connectivity index (χ4v) is 1.58. The lowest BCUT2D eigenvalue weighted by Crippen LogP contribution is -2.16. The van der Waals surface area contributed by atoms with Gasteiger partial charge in [0.1, 0.15) is 5.56 Å². The number of aromatic carboxylic acids is 1. The van der Waals surface area contributed by atoms with E-state index >= 15 is 0 Å². The molecule has 0 bridgehead atoms. The zero-order valence-electron chi connectivity index (χ0n) is 9.80. The SMILES string of the molecule is CC(C)CC(C)Oc1cnccc1C(=O)O. The summed E-state index contributed by atoms with van der Waals surface area (Å²) in [6.07, 6.45) is 3.76. The number of hydrogen-bond donors (Lipinski definition) is 1. The molecule has 0 aromatic carbocycles. The first-order valence-corrected chi connectivity index (χ1v) is 5.34. The second-order valence-electron chi connectivity index (χ2n) is 4.24. The minimum absolute atomic E-state index is 0.0118. The third kappa shape index (κ3) is 3.53. The van der Waals surface area contributed by atoms with Crippen molar-refractivity contribution in [3.63, 3.8) is 0 Å². The standard InChI is InChI=1S/C12H17NO3/c1-8(2)6-9(3)16-11-7-13-5-4-10(11)12(14)15/h4-5,7-9H,6H2,1-3H3,(H,14,15). The van der Waals surface area contributed by atoms with Crippen molar-refractivity contribution in [1.82, 2.24) is 4.98 Å². The molecule has 1 rings (SSSR count). The normalized spacial score (nSPS) is 12.5. The van der Waals surface area contributed by atoms with Crippen molar-refractivity contribution < 1.29 is 14.6 Å². The number of hydrogen-bond acceptors (Lipinski definition) is 3. The van der Waals surface area contributed by atoms with Crippen LogP contribution in [0.15, 0.2) is 18.5 Å². The van der Waals surface area contributed by atoms with Crippen molar-refractivity contribution in [1.29, 1.82) is 0 Å². The summed E-state index contributed by atoms with van der Waals surface area (Å²) >= 11 is 0. The largest absolute Gasteiger partial charge is 0.488 e. The zero-order chi connectivity index (χ0) is 12.1. The molecule has 1 unspecified atom stereocenters. The highest BCUT2D eigenvalue weighted by molar-refractivity contribution is 5.90. The number of carbonyl (C=O) groups is 1. The van der Waals surface area contributed by atoms with Crippen LogP contribution in [0.1, 0.15) is 37.6 Å². The number of ether oxygens (including phenoxy) is 1. The molecule has 88 valence electrons. The molecule has 1 heterocycles. The predicted octanol–water partition coefficient (Wildman–Crippen LogP) is 2.59. The van der Waals surface area contributed by atoms with Crippen LogP contribution in [0.4, 0.5) is 0 Å². The van der Waals surface area contributed by atoms with Crippen LogP contribution in [0, 0.1) is 5.92 Å². The van der Waals surface area contributed by atoms with E-state index in [9.17, 15) is 4.79 Å². The lowest BCUT2D eigenvalue weighted by atomic mass is 10.1. The van der Waals surface area contributed by atoms with E-state index in [1.807, 2.05) is 6.92 Å². The highest BCUT2D eigenvalue weighted by atomic mass is 16.5. The van der Waals surface area contributed by atoms with Crippen LogP contribution in [0.3, 0.4) is 0 Å². The minimum atomic E-state index is -0.992. The Kier molecular flexibility index (Phi) is 4.28. The molecule has 4 nitrogen and oxygen atoms in total. The van der Waals surface area contributed by atoms with E-state index in [0.717, 1.165) is 6.42 Å². The lowest BCUT2D eigenvalue weighted by Gasteiger charge is -2.17. The predicted molar refractivity (Wildman–Crippen MR) is 60.7 cm³/mol. The summed E-state index contributed by atoms with van der Waals surface area (Å²) in [5, 5.41) is 8.95. The first kappa shape index (κ1) is 12.5. The molecule has 0 saturated carbocycles. The Bertz CT molecular complexity index is 363. The van der Waals surface area contributed by atoms with Gasteiger partial charge in [-0.25, -0.2) is 4.79 Å². The average Bonchev–Trinajstić information content (AvgIpc) is 2.16. The van der Waals surface area contributed by atoms with Gasteiger partial charge in [-0.05, 0) is 25.3 Å². The Morgan fingerprint density at radius 3 is 2.75 bits per heavy atom. The van der Waals surface area contributed by atoms with Crippen molar-refractivity contribution in [2.75, 3.05) is 0 Å². The third-order valence-electron chi connectivity index (χ3n) is 2.15. The van der Waals surface area contributed by atoms with Crippen LogP contribution in [0.25, 0.3) is 0 Å². The second kappa shape index (κ2) is 5.49. The first-order valence-electron chi connectivity index (χ1n) is 5.34. The van der Waals surface area contributed by atoms with E-state index in [-0.39, 0.29) is 11.7 Å². The molecule has 0 amide bonds. The van der Waals surface area contributed by atoms with Gasteiger partial charge in [0.15, 0.2) is 5.75 Å². The average molecular weight is 223 g/mol. The molecular weight excluding hydrogens is 206 g/mol. The Morgan fingerprint density at radius 2 is 2.19 bits per heavy atom. The summed E-state index contributed by atoms with van der Waals surface area (Å²) in [4.78, 5) is 14.8. The maximum Gasteiger partial charge on any atom is 0.339 e. The molecule has 0 fully saturated rings. The van der Waals surface area contributed by atoms with Crippen LogP contribution < -0.4 is 4.74 Å². The summed E-state index contributed by atoms with van der Waals surface area (Å²) < 4.78 is 5.57. The van der Waals surface area contributed by atoms with Gasteiger partial charge in [-0.2, -0.15) is 0 Å². The number of rotatable bonds is 5. The van der Waals surface area contributed by atoms with Gasteiger partial charge in [0, 0.05) is 6.20 Å². The summed E-state index contributed by atoms with van der Waals surface area (Å²) in [6, 6.07) is 1.44. The van der Waals surface area contributed by atoms with E-state index in [2.05, 4.69) is 18.8 Å². The van der Waals surface area contributed by atoms with Crippen LogP contribution in [-0.2, 0) is 0 Å². The van der Waals surface area contributed by atoms with Gasteiger partial charge >= 0.3 is 5.97 Å². The minimum Gasteiger partial charge on any atom is -0.488 e. The maximum absolute atomic E-state index is 10.9. The number of pyridine rings is 1. The van der Waals surface area contributed by atoms with Crippen molar-refractivity contribution in [3.05, 3.63) is 24.0 Å². The number of carboxylic acids is 1. The van der Waals surface area contributed by atoms with Gasteiger partial charge in [0.2, 0.25) is 0 Å². The quantitative estimate of drug-likeness (QED) is 0.833. The fraction of sp³-hybridized carbons (Fsp3) is 0.500. The Hall–Kier alpha value is -1.58. The fourth-order valence-electron chi connectivity index (χ4n) is 1.58. The van der Waals surface area contributed by atoms with Gasteiger partial charge in [0.25, 0.3) is 0 Å². The highest BCUT2D eigenvalue weighted by Crippen LogP contribution is 2.19.